The van der Waals surface area contributed by atoms with Crippen LogP contribution in [-0.2, 0) is 0 Å². The van der Waals surface area contributed by atoms with Gasteiger partial charge in [-0.3, -0.25) is 0 Å². The summed E-state index contributed by atoms with van der Waals surface area (Å²) in [6.07, 6.45) is -2.80. The van der Waals surface area contributed by atoms with E-state index in [4.69, 9.17) is 11.6 Å². The van der Waals surface area contributed by atoms with Crippen molar-refractivity contribution in [3.05, 3.63) is 17.8 Å². The molecule has 16 heavy (non-hydrogen) atoms. The number of anilines is 1. The Morgan fingerprint density at radius 2 is 2.12 bits per heavy atom. The van der Waals surface area contributed by atoms with Crippen molar-refractivity contribution in [2.24, 2.45) is 0 Å². The zero-order valence-electron chi connectivity index (χ0n) is 8.63. The highest BCUT2D eigenvalue weighted by Gasteiger charge is 2.31. The van der Waals surface area contributed by atoms with Gasteiger partial charge in [-0.05, 0) is 18.6 Å². The van der Waals surface area contributed by atoms with Gasteiger partial charge in [-0.15, -0.1) is 16.7 Å². The molecule has 0 aromatic carbocycles. The quantitative estimate of drug-likeness (QED) is 0.772. The Labute approximate surface area is 96.2 Å². The minimum atomic E-state index is -4.28. The number of alkyl halides is 4. The molecule has 0 saturated carbocycles. The normalized spacial score (nSPS) is 11.6. The van der Waals surface area contributed by atoms with Crippen LogP contribution in [-0.4, -0.2) is 35.3 Å². The largest absolute Gasteiger partial charge is 0.405 e. The van der Waals surface area contributed by atoms with Crippen molar-refractivity contribution < 1.29 is 13.2 Å². The van der Waals surface area contributed by atoms with Gasteiger partial charge in [0.15, 0.2) is 5.82 Å². The van der Waals surface area contributed by atoms with Crippen LogP contribution < -0.4 is 4.90 Å². The van der Waals surface area contributed by atoms with Crippen LogP contribution in [0.15, 0.2) is 12.3 Å². The van der Waals surface area contributed by atoms with Crippen molar-refractivity contribution in [2.45, 2.75) is 13.1 Å². The third kappa shape index (κ3) is 4.22. The summed E-state index contributed by atoms with van der Waals surface area (Å²) >= 11 is 5.46. The molecule has 1 rings (SSSR count). The minimum Gasteiger partial charge on any atom is -0.345 e. The number of hydrogen-bond donors (Lipinski definition) is 0. The fraction of sp³-hybridized carbons (Fsp3) is 0.556. The van der Waals surface area contributed by atoms with Crippen molar-refractivity contribution in [1.29, 1.82) is 0 Å². The first kappa shape index (κ1) is 13.0. The highest BCUT2D eigenvalue weighted by Crippen LogP contribution is 2.20. The molecule has 0 fully saturated rings. The van der Waals surface area contributed by atoms with E-state index in [0.717, 1.165) is 10.5 Å². The molecule has 7 heteroatoms. The number of nitrogens with zero attached hydrogens (tertiary/aromatic N) is 3. The lowest BCUT2D eigenvalue weighted by atomic mass is 10.3. The van der Waals surface area contributed by atoms with Gasteiger partial charge in [0.05, 0.1) is 6.20 Å². The Hall–Kier alpha value is -1.04. The fourth-order valence-corrected chi connectivity index (χ4v) is 1.40. The third-order valence-electron chi connectivity index (χ3n) is 1.83. The van der Waals surface area contributed by atoms with E-state index in [0.29, 0.717) is 0 Å². The van der Waals surface area contributed by atoms with Gasteiger partial charge in [0.2, 0.25) is 0 Å². The molecule has 0 atom stereocenters. The van der Waals surface area contributed by atoms with E-state index in [1.165, 1.54) is 6.20 Å². The topological polar surface area (TPSA) is 29.0 Å². The molecule has 1 aromatic rings. The van der Waals surface area contributed by atoms with E-state index in [9.17, 15) is 13.2 Å². The molecule has 0 amide bonds. The van der Waals surface area contributed by atoms with Gasteiger partial charge in [0.1, 0.15) is 6.54 Å². The third-order valence-corrected chi connectivity index (χ3v) is 2.00. The fourth-order valence-electron chi connectivity index (χ4n) is 1.20. The van der Waals surface area contributed by atoms with E-state index in [2.05, 4.69) is 10.2 Å². The maximum Gasteiger partial charge on any atom is 0.405 e. The summed E-state index contributed by atoms with van der Waals surface area (Å²) in [5.41, 5.74) is 0.756. The van der Waals surface area contributed by atoms with Crippen molar-refractivity contribution in [3.8, 4) is 0 Å². The monoisotopic (exact) mass is 253 g/mol. The number of halogens is 4. The van der Waals surface area contributed by atoms with Crippen molar-refractivity contribution in [2.75, 3.05) is 23.9 Å². The minimum absolute atomic E-state index is 0.0825. The molecule has 0 radical (unpaired) electrons. The molecule has 0 aliphatic rings. The molecule has 1 aromatic heterocycles. The Morgan fingerprint density at radius 3 is 2.62 bits per heavy atom. The molecule has 1 heterocycles. The second-order valence-corrected chi connectivity index (χ2v) is 3.69. The van der Waals surface area contributed by atoms with Gasteiger partial charge >= 0.3 is 6.18 Å². The van der Waals surface area contributed by atoms with Crippen molar-refractivity contribution in [1.82, 2.24) is 10.2 Å². The summed E-state index contributed by atoms with van der Waals surface area (Å²) in [6, 6.07) is 1.55. The van der Waals surface area contributed by atoms with Gasteiger partial charge in [-0.25, -0.2) is 0 Å². The molecule has 0 aliphatic carbocycles. The van der Waals surface area contributed by atoms with Crippen LogP contribution in [0, 0.1) is 6.92 Å². The van der Waals surface area contributed by atoms with E-state index in [-0.39, 0.29) is 18.2 Å². The number of aryl methyl sites for hydroxylation is 1. The summed E-state index contributed by atoms with van der Waals surface area (Å²) < 4.78 is 36.8. The van der Waals surface area contributed by atoms with Crippen LogP contribution in [0.1, 0.15) is 5.56 Å². The van der Waals surface area contributed by atoms with Crippen molar-refractivity contribution >= 4 is 17.4 Å². The molecule has 0 bridgehead atoms. The molecule has 0 spiro atoms. The van der Waals surface area contributed by atoms with Gasteiger partial charge < -0.3 is 4.90 Å². The highest BCUT2D eigenvalue weighted by atomic mass is 35.5. The van der Waals surface area contributed by atoms with Gasteiger partial charge in [0.25, 0.3) is 0 Å². The maximum absolute atomic E-state index is 12.3. The van der Waals surface area contributed by atoms with E-state index < -0.39 is 12.7 Å². The summed E-state index contributed by atoms with van der Waals surface area (Å²) in [4.78, 5) is 1.06. The molecule has 0 N–H and O–H groups in total. The van der Waals surface area contributed by atoms with E-state index in [1.807, 2.05) is 0 Å². The molecule has 0 unspecified atom stereocenters. The number of rotatable bonds is 4. The first-order chi connectivity index (χ1) is 7.42. The van der Waals surface area contributed by atoms with Gasteiger partial charge in [-0.1, -0.05) is 0 Å². The van der Waals surface area contributed by atoms with Crippen LogP contribution in [0.2, 0.25) is 0 Å². The standard InChI is InChI=1S/C9H11ClF3N3/c1-7-4-8(15-14-5-7)16(3-2-10)6-9(11,12)13/h4-5H,2-3,6H2,1H3. The lowest BCUT2D eigenvalue weighted by Gasteiger charge is -2.23. The van der Waals surface area contributed by atoms with Crippen LogP contribution in [0.25, 0.3) is 0 Å². The maximum atomic E-state index is 12.3. The Balaban J connectivity index is 2.85. The summed E-state index contributed by atoms with van der Waals surface area (Å²) in [5.74, 6) is 0.295. The average Bonchev–Trinajstić information content (AvgIpc) is 2.15. The van der Waals surface area contributed by atoms with Crippen LogP contribution in [0.5, 0.6) is 0 Å². The molecular weight excluding hydrogens is 243 g/mol. The predicted octanol–water partition coefficient (Wildman–Crippen LogP) is 2.39. The van der Waals surface area contributed by atoms with Crippen LogP contribution in [0.4, 0.5) is 19.0 Å². The van der Waals surface area contributed by atoms with E-state index in [1.54, 1.807) is 13.0 Å². The molecule has 0 saturated heterocycles. The second-order valence-electron chi connectivity index (χ2n) is 3.32. The first-order valence-corrected chi connectivity index (χ1v) is 5.13. The summed E-state index contributed by atoms with van der Waals surface area (Å²) in [7, 11) is 0. The Kier molecular flexibility index (Phi) is 4.35. The molecular formula is C9H11ClF3N3. The lowest BCUT2D eigenvalue weighted by molar-refractivity contribution is -0.119. The summed E-state index contributed by atoms with van der Waals surface area (Å²) in [5, 5.41) is 7.28. The summed E-state index contributed by atoms with van der Waals surface area (Å²) in [6.45, 7) is 0.752. The molecule has 90 valence electrons. The SMILES string of the molecule is Cc1cnnc(N(CCCl)CC(F)(F)F)c1. The van der Waals surface area contributed by atoms with Gasteiger partial charge in [0, 0.05) is 12.4 Å². The molecule has 3 nitrogen and oxygen atoms in total. The zero-order valence-corrected chi connectivity index (χ0v) is 9.39. The Morgan fingerprint density at radius 1 is 1.44 bits per heavy atom. The average molecular weight is 254 g/mol. The highest BCUT2D eigenvalue weighted by molar-refractivity contribution is 6.18. The Bertz CT molecular complexity index is 343. The van der Waals surface area contributed by atoms with Gasteiger partial charge in [-0.2, -0.15) is 18.3 Å². The number of hydrogen-bond acceptors (Lipinski definition) is 3. The zero-order chi connectivity index (χ0) is 12.2. The lowest BCUT2D eigenvalue weighted by Crippen LogP contribution is -2.36. The van der Waals surface area contributed by atoms with Crippen LogP contribution in [0.3, 0.4) is 0 Å². The second kappa shape index (κ2) is 5.34. The molecule has 0 aliphatic heterocycles. The van der Waals surface area contributed by atoms with Crippen molar-refractivity contribution in [3.63, 3.8) is 0 Å². The van der Waals surface area contributed by atoms with E-state index >= 15 is 0 Å². The first-order valence-electron chi connectivity index (χ1n) is 4.59. The van der Waals surface area contributed by atoms with Crippen LogP contribution >= 0.6 is 11.6 Å². The predicted molar refractivity (Wildman–Crippen MR) is 55.8 cm³/mol. The number of aromatic nitrogens is 2. The smallest absolute Gasteiger partial charge is 0.345 e.